The van der Waals surface area contributed by atoms with Gasteiger partial charge < -0.3 is 10.2 Å². The Kier molecular flexibility index (Phi) is 6.53. The number of hydrogen-bond acceptors (Lipinski definition) is 3. The van der Waals surface area contributed by atoms with Crippen LogP contribution in [0, 0.1) is 17.7 Å². The fourth-order valence-corrected chi connectivity index (χ4v) is 4.97. The molecule has 4 unspecified atom stereocenters. The molecule has 1 N–H and O–H groups in total. The molecule has 3 aliphatic rings. The molecule has 6 heteroatoms. The Bertz CT molecular complexity index is 667. The van der Waals surface area contributed by atoms with Crippen molar-refractivity contribution >= 4 is 24.1 Å². The molecule has 0 bridgehead atoms. The van der Waals surface area contributed by atoms with E-state index in [1.54, 1.807) is 12.1 Å². The normalized spacial score (nSPS) is 30.3. The average molecular weight is 395 g/mol. The molecule has 1 saturated carbocycles. The number of carbonyl (C=O) groups excluding carboxylic acids is 2. The van der Waals surface area contributed by atoms with E-state index in [9.17, 15) is 14.0 Å². The third-order valence-corrected chi connectivity index (χ3v) is 6.39. The number of ketones is 1. The van der Waals surface area contributed by atoms with Gasteiger partial charge in [-0.05, 0) is 62.3 Å². The van der Waals surface area contributed by atoms with Crippen molar-refractivity contribution in [2.45, 2.75) is 57.0 Å². The summed E-state index contributed by atoms with van der Waals surface area (Å²) in [5.41, 5.74) is 0.538. The van der Waals surface area contributed by atoms with Gasteiger partial charge in [0.25, 0.3) is 0 Å². The summed E-state index contributed by atoms with van der Waals surface area (Å²) in [5.74, 6) is 0.309. The van der Waals surface area contributed by atoms with Gasteiger partial charge in [-0.2, -0.15) is 0 Å². The number of carbonyl (C=O) groups is 2. The predicted octanol–water partition coefficient (Wildman–Crippen LogP) is 3.59. The van der Waals surface area contributed by atoms with E-state index < -0.39 is 0 Å². The van der Waals surface area contributed by atoms with Gasteiger partial charge in [-0.25, -0.2) is 4.39 Å². The highest BCUT2D eigenvalue weighted by atomic mass is 35.5. The third-order valence-electron chi connectivity index (χ3n) is 6.39. The lowest BCUT2D eigenvalue weighted by Crippen LogP contribution is -2.50. The molecule has 2 heterocycles. The third kappa shape index (κ3) is 4.35. The first-order valence-electron chi connectivity index (χ1n) is 9.96. The first-order valence-corrected chi connectivity index (χ1v) is 9.96. The summed E-state index contributed by atoms with van der Waals surface area (Å²) in [6, 6.07) is 6.15. The van der Waals surface area contributed by atoms with Crippen LogP contribution in [0.4, 0.5) is 4.39 Å². The van der Waals surface area contributed by atoms with Gasteiger partial charge in [0, 0.05) is 30.6 Å². The van der Waals surface area contributed by atoms with Crippen LogP contribution in [-0.2, 0) is 4.79 Å². The van der Waals surface area contributed by atoms with Gasteiger partial charge in [0.1, 0.15) is 5.82 Å². The Hall–Kier alpha value is -1.46. The lowest BCUT2D eigenvalue weighted by atomic mass is 9.85. The predicted molar refractivity (Wildman–Crippen MR) is 105 cm³/mol. The summed E-state index contributed by atoms with van der Waals surface area (Å²) in [7, 11) is 0. The number of likely N-dealkylation sites (tertiary alicyclic amines) is 1. The molecule has 27 heavy (non-hydrogen) atoms. The summed E-state index contributed by atoms with van der Waals surface area (Å²) in [5, 5.41) is 3.55. The van der Waals surface area contributed by atoms with Crippen LogP contribution < -0.4 is 5.32 Å². The lowest BCUT2D eigenvalue weighted by Gasteiger charge is -2.34. The van der Waals surface area contributed by atoms with Crippen LogP contribution >= 0.6 is 12.4 Å². The second-order valence-corrected chi connectivity index (χ2v) is 8.10. The molecule has 4 atom stereocenters. The van der Waals surface area contributed by atoms with Crippen molar-refractivity contribution in [2.24, 2.45) is 11.8 Å². The largest absolute Gasteiger partial charge is 0.341 e. The van der Waals surface area contributed by atoms with Gasteiger partial charge in [-0.3, -0.25) is 9.59 Å². The zero-order valence-corrected chi connectivity index (χ0v) is 16.3. The van der Waals surface area contributed by atoms with E-state index in [0.29, 0.717) is 24.1 Å². The fraction of sp³-hybridized carbons (Fsp3) is 0.619. The summed E-state index contributed by atoms with van der Waals surface area (Å²) in [6.07, 6.45) is 7.53. The standard InChI is InChI=1S/C21H27FN2O2.ClH/c22-17-9-7-14(8-10-17)20(25)16-5-3-11-24(13-16)21(26)19-12-15-4-1-2-6-18(15)23-19;/h7-10,15-16,18-19,23H,1-6,11-13H2;1H. The van der Waals surface area contributed by atoms with Crippen molar-refractivity contribution in [1.82, 2.24) is 10.2 Å². The molecule has 2 aliphatic heterocycles. The van der Waals surface area contributed by atoms with E-state index in [2.05, 4.69) is 5.32 Å². The maximum absolute atomic E-state index is 13.1. The zero-order chi connectivity index (χ0) is 18.1. The topological polar surface area (TPSA) is 49.4 Å². The molecule has 1 aromatic carbocycles. The highest BCUT2D eigenvalue weighted by Crippen LogP contribution is 2.34. The molecular weight excluding hydrogens is 367 g/mol. The van der Waals surface area contributed by atoms with Crippen LogP contribution in [0.3, 0.4) is 0 Å². The molecule has 1 aromatic rings. The first kappa shape index (κ1) is 20.3. The van der Waals surface area contributed by atoms with Crippen molar-refractivity contribution in [3.8, 4) is 0 Å². The number of benzene rings is 1. The Labute approximate surface area is 166 Å². The van der Waals surface area contributed by atoms with Crippen LogP contribution in [0.25, 0.3) is 0 Å². The van der Waals surface area contributed by atoms with Gasteiger partial charge in [0.05, 0.1) is 6.04 Å². The summed E-state index contributed by atoms with van der Waals surface area (Å²) in [4.78, 5) is 27.6. The number of hydrogen-bond donors (Lipinski definition) is 1. The molecule has 4 rings (SSSR count). The van der Waals surface area contributed by atoms with E-state index >= 15 is 0 Å². The van der Waals surface area contributed by atoms with E-state index in [1.807, 2.05) is 4.90 Å². The zero-order valence-electron chi connectivity index (χ0n) is 15.5. The SMILES string of the molecule is Cl.O=C(c1ccc(F)cc1)C1CCCN(C(=O)C2CC3CCCCC3N2)C1. The van der Waals surface area contributed by atoms with E-state index in [-0.39, 0.29) is 41.9 Å². The van der Waals surface area contributed by atoms with Crippen molar-refractivity contribution in [1.29, 1.82) is 0 Å². The van der Waals surface area contributed by atoms with Crippen molar-refractivity contribution in [3.63, 3.8) is 0 Å². The number of halogens is 2. The molecule has 148 valence electrons. The van der Waals surface area contributed by atoms with Gasteiger partial charge in [-0.15, -0.1) is 12.4 Å². The monoisotopic (exact) mass is 394 g/mol. The van der Waals surface area contributed by atoms with Crippen LogP contribution in [0.1, 0.15) is 55.3 Å². The van der Waals surface area contributed by atoms with Crippen molar-refractivity contribution in [2.75, 3.05) is 13.1 Å². The Morgan fingerprint density at radius 2 is 1.78 bits per heavy atom. The maximum atomic E-state index is 13.1. The maximum Gasteiger partial charge on any atom is 0.239 e. The minimum Gasteiger partial charge on any atom is -0.341 e. The Balaban J connectivity index is 0.00000210. The Morgan fingerprint density at radius 3 is 2.52 bits per heavy atom. The Morgan fingerprint density at radius 1 is 1.04 bits per heavy atom. The molecular formula is C21H28ClFN2O2. The number of nitrogens with zero attached hydrogens (tertiary/aromatic N) is 1. The number of piperidine rings is 1. The second kappa shape index (κ2) is 8.70. The van der Waals surface area contributed by atoms with Crippen molar-refractivity contribution < 1.29 is 14.0 Å². The highest BCUT2D eigenvalue weighted by Gasteiger charge is 2.40. The first-order chi connectivity index (χ1) is 12.6. The van der Waals surface area contributed by atoms with Gasteiger partial charge >= 0.3 is 0 Å². The molecule has 0 radical (unpaired) electrons. The molecule has 0 spiro atoms. The fourth-order valence-electron chi connectivity index (χ4n) is 4.97. The van der Waals surface area contributed by atoms with Crippen LogP contribution in [0.15, 0.2) is 24.3 Å². The molecule has 1 aliphatic carbocycles. The van der Waals surface area contributed by atoms with Crippen LogP contribution in [-0.4, -0.2) is 41.8 Å². The number of fused-ring (bicyclic) bond motifs is 1. The number of amides is 1. The quantitative estimate of drug-likeness (QED) is 0.797. The molecule has 3 fully saturated rings. The average Bonchev–Trinajstić information content (AvgIpc) is 3.12. The molecule has 2 saturated heterocycles. The van der Waals surface area contributed by atoms with Gasteiger partial charge in [0.2, 0.25) is 5.91 Å². The van der Waals surface area contributed by atoms with Crippen molar-refractivity contribution in [3.05, 3.63) is 35.6 Å². The smallest absolute Gasteiger partial charge is 0.239 e. The minimum atomic E-state index is -0.337. The van der Waals surface area contributed by atoms with E-state index in [1.165, 1.54) is 37.8 Å². The van der Waals surface area contributed by atoms with Gasteiger partial charge in [-0.1, -0.05) is 12.8 Å². The van der Waals surface area contributed by atoms with Gasteiger partial charge in [0.15, 0.2) is 5.78 Å². The number of rotatable bonds is 3. The number of nitrogens with one attached hydrogen (secondary N) is 1. The molecule has 4 nitrogen and oxygen atoms in total. The lowest BCUT2D eigenvalue weighted by molar-refractivity contribution is -0.134. The summed E-state index contributed by atoms with van der Waals surface area (Å²) in [6.45, 7) is 1.22. The van der Waals surface area contributed by atoms with Crippen LogP contribution in [0.2, 0.25) is 0 Å². The minimum absolute atomic E-state index is 0. The molecule has 1 amide bonds. The van der Waals surface area contributed by atoms with E-state index in [4.69, 9.17) is 0 Å². The van der Waals surface area contributed by atoms with Crippen LogP contribution in [0.5, 0.6) is 0 Å². The van der Waals surface area contributed by atoms with E-state index in [0.717, 1.165) is 25.8 Å². The molecule has 0 aromatic heterocycles. The second-order valence-electron chi connectivity index (χ2n) is 8.10. The highest BCUT2D eigenvalue weighted by molar-refractivity contribution is 5.98. The summed E-state index contributed by atoms with van der Waals surface area (Å²) < 4.78 is 13.1. The number of Topliss-reactive ketones (excluding diaryl/α,β-unsaturated/α-hetero) is 1. The summed E-state index contributed by atoms with van der Waals surface area (Å²) >= 11 is 0.